The summed E-state index contributed by atoms with van der Waals surface area (Å²) in [5.41, 5.74) is 6.21. The normalized spacial score (nSPS) is 9.74. The molecule has 2 aromatic rings. The minimum absolute atomic E-state index is 0.0391. The van der Waals surface area contributed by atoms with Crippen LogP contribution in [0.3, 0.4) is 0 Å². The van der Waals surface area contributed by atoms with Gasteiger partial charge >= 0.3 is 0 Å². The molecule has 5 heteroatoms. The van der Waals surface area contributed by atoms with E-state index in [4.69, 9.17) is 20.5 Å². The Labute approximate surface area is 109 Å². The van der Waals surface area contributed by atoms with E-state index >= 15 is 0 Å². The topological polar surface area (TPSA) is 68.3 Å². The zero-order valence-corrected chi connectivity index (χ0v) is 10.2. The van der Waals surface area contributed by atoms with Crippen molar-refractivity contribution in [1.29, 1.82) is 5.26 Å². The first-order valence-electron chi connectivity index (χ1n) is 5.45. The van der Waals surface area contributed by atoms with Gasteiger partial charge < -0.3 is 15.2 Å². The number of methoxy groups -OCH3 is 1. The Morgan fingerprint density at radius 3 is 2.47 bits per heavy atom. The quantitative estimate of drug-likeness (QED) is 0.859. The molecule has 0 saturated carbocycles. The standard InChI is InChI=1S/C14H11FN2O2/c1-18-14-6-9(8-16)2-4-13(14)19-12-5-3-10(17)7-11(12)15/h2-7H,17H2,1H3. The number of hydrogen-bond acceptors (Lipinski definition) is 4. The van der Waals surface area contributed by atoms with Crippen molar-refractivity contribution in [2.24, 2.45) is 0 Å². The molecule has 0 fully saturated rings. The third-order valence-corrected chi connectivity index (χ3v) is 2.47. The predicted molar refractivity (Wildman–Crippen MR) is 68.6 cm³/mol. The van der Waals surface area contributed by atoms with E-state index < -0.39 is 5.82 Å². The van der Waals surface area contributed by atoms with Gasteiger partial charge in [-0.1, -0.05) is 0 Å². The fourth-order valence-electron chi connectivity index (χ4n) is 1.54. The summed E-state index contributed by atoms with van der Waals surface area (Å²) in [6, 6.07) is 10.8. The van der Waals surface area contributed by atoms with Gasteiger partial charge in [0.25, 0.3) is 0 Å². The number of nitrogens with two attached hydrogens (primary N) is 1. The Hall–Kier alpha value is -2.74. The van der Waals surface area contributed by atoms with Gasteiger partial charge in [-0.25, -0.2) is 4.39 Å². The number of halogens is 1. The third-order valence-electron chi connectivity index (χ3n) is 2.47. The molecule has 96 valence electrons. The lowest BCUT2D eigenvalue weighted by atomic mass is 10.2. The van der Waals surface area contributed by atoms with E-state index in [-0.39, 0.29) is 5.75 Å². The minimum atomic E-state index is -0.564. The second-order valence-corrected chi connectivity index (χ2v) is 3.77. The molecule has 2 aromatic carbocycles. The second kappa shape index (κ2) is 5.27. The lowest BCUT2D eigenvalue weighted by Gasteiger charge is -2.11. The summed E-state index contributed by atoms with van der Waals surface area (Å²) >= 11 is 0. The molecule has 0 heterocycles. The number of nitriles is 1. The van der Waals surface area contributed by atoms with Crippen molar-refractivity contribution >= 4 is 5.69 Å². The number of rotatable bonds is 3. The molecule has 0 aromatic heterocycles. The second-order valence-electron chi connectivity index (χ2n) is 3.77. The third kappa shape index (κ3) is 2.75. The Morgan fingerprint density at radius 2 is 1.84 bits per heavy atom. The van der Waals surface area contributed by atoms with Crippen LogP contribution < -0.4 is 15.2 Å². The van der Waals surface area contributed by atoms with Crippen LogP contribution in [0.5, 0.6) is 17.2 Å². The lowest BCUT2D eigenvalue weighted by Crippen LogP contribution is -1.94. The molecule has 19 heavy (non-hydrogen) atoms. The molecule has 0 bridgehead atoms. The molecule has 0 spiro atoms. The molecule has 0 aliphatic heterocycles. The summed E-state index contributed by atoms with van der Waals surface area (Å²) in [4.78, 5) is 0. The maximum atomic E-state index is 13.6. The van der Waals surface area contributed by atoms with Gasteiger partial charge in [-0.05, 0) is 24.3 Å². The maximum Gasteiger partial charge on any atom is 0.169 e. The SMILES string of the molecule is COc1cc(C#N)ccc1Oc1ccc(N)cc1F. The number of benzene rings is 2. The monoisotopic (exact) mass is 258 g/mol. The summed E-state index contributed by atoms with van der Waals surface area (Å²) in [5, 5.41) is 8.79. The summed E-state index contributed by atoms with van der Waals surface area (Å²) in [6.07, 6.45) is 0. The molecule has 2 N–H and O–H groups in total. The highest BCUT2D eigenvalue weighted by molar-refractivity contribution is 5.50. The molecule has 0 radical (unpaired) electrons. The molecule has 0 atom stereocenters. The Morgan fingerprint density at radius 1 is 1.11 bits per heavy atom. The largest absolute Gasteiger partial charge is 0.493 e. The number of anilines is 1. The van der Waals surface area contributed by atoms with E-state index in [0.29, 0.717) is 22.7 Å². The van der Waals surface area contributed by atoms with Crippen LogP contribution in [0.1, 0.15) is 5.56 Å². The molecular formula is C14H11FN2O2. The fourth-order valence-corrected chi connectivity index (χ4v) is 1.54. The van der Waals surface area contributed by atoms with Crippen LogP contribution in [0, 0.1) is 17.1 Å². The Kier molecular flexibility index (Phi) is 3.53. The average molecular weight is 258 g/mol. The molecule has 0 aliphatic carbocycles. The van der Waals surface area contributed by atoms with Gasteiger partial charge in [0.05, 0.1) is 18.7 Å². The van der Waals surface area contributed by atoms with Crippen molar-refractivity contribution < 1.29 is 13.9 Å². The van der Waals surface area contributed by atoms with E-state index in [0.717, 1.165) is 0 Å². The van der Waals surface area contributed by atoms with Gasteiger partial charge in [-0.15, -0.1) is 0 Å². The lowest BCUT2D eigenvalue weighted by molar-refractivity contribution is 0.371. The van der Waals surface area contributed by atoms with E-state index in [1.54, 1.807) is 12.1 Å². The molecule has 0 aliphatic rings. The highest BCUT2D eigenvalue weighted by atomic mass is 19.1. The summed E-state index contributed by atoms with van der Waals surface area (Å²) in [7, 11) is 1.45. The van der Waals surface area contributed by atoms with E-state index in [1.807, 2.05) is 6.07 Å². The maximum absolute atomic E-state index is 13.6. The van der Waals surface area contributed by atoms with Gasteiger partial charge in [0, 0.05) is 17.8 Å². The van der Waals surface area contributed by atoms with Crippen molar-refractivity contribution in [1.82, 2.24) is 0 Å². The van der Waals surface area contributed by atoms with Gasteiger partial charge in [-0.3, -0.25) is 0 Å². The van der Waals surface area contributed by atoms with E-state index in [2.05, 4.69) is 0 Å². The number of ether oxygens (including phenoxy) is 2. The number of nitrogens with zero attached hydrogens (tertiary/aromatic N) is 1. The van der Waals surface area contributed by atoms with E-state index in [1.165, 1.54) is 31.4 Å². The predicted octanol–water partition coefficient (Wildman–Crippen LogP) is 3.08. The van der Waals surface area contributed by atoms with Crippen LogP contribution in [0.2, 0.25) is 0 Å². The van der Waals surface area contributed by atoms with Crippen molar-refractivity contribution in [3.63, 3.8) is 0 Å². The van der Waals surface area contributed by atoms with Gasteiger partial charge in [0.1, 0.15) is 0 Å². The molecule has 0 amide bonds. The molecule has 4 nitrogen and oxygen atoms in total. The van der Waals surface area contributed by atoms with Crippen molar-refractivity contribution in [3.8, 4) is 23.3 Å². The van der Waals surface area contributed by atoms with Gasteiger partial charge in [0.2, 0.25) is 0 Å². The van der Waals surface area contributed by atoms with Gasteiger partial charge in [0.15, 0.2) is 23.1 Å². The first kappa shape index (κ1) is 12.7. The van der Waals surface area contributed by atoms with Gasteiger partial charge in [-0.2, -0.15) is 5.26 Å². The van der Waals surface area contributed by atoms with Crippen LogP contribution in [-0.4, -0.2) is 7.11 Å². The first-order valence-corrected chi connectivity index (χ1v) is 5.45. The van der Waals surface area contributed by atoms with Crippen molar-refractivity contribution in [3.05, 3.63) is 47.8 Å². The number of hydrogen-bond donors (Lipinski definition) is 1. The molecule has 2 rings (SSSR count). The van der Waals surface area contributed by atoms with Crippen molar-refractivity contribution in [2.45, 2.75) is 0 Å². The smallest absolute Gasteiger partial charge is 0.169 e. The molecular weight excluding hydrogens is 247 g/mol. The Balaban J connectivity index is 2.35. The van der Waals surface area contributed by atoms with Crippen LogP contribution in [0.25, 0.3) is 0 Å². The zero-order chi connectivity index (χ0) is 13.8. The zero-order valence-electron chi connectivity index (χ0n) is 10.2. The van der Waals surface area contributed by atoms with Crippen LogP contribution in [0.4, 0.5) is 10.1 Å². The number of nitrogen functional groups attached to an aromatic ring is 1. The average Bonchev–Trinajstić information content (AvgIpc) is 2.42. The summed E-state index contributed by atoms with van der Waals surface area (Å²) in [6.45, 7) is 0. The highest BCUT2D eigenvalue weighted by Gasteiger charge is 2.10. The van der Waals surface area contributed by atoms with E-state index in [9.17, 15) is 4.39 Å². The minimum Gasteiger partial charge on any atom is -0.493 e. The molecule has 0 unspecified atom stereocenters. The first-order chi connectivity index (χ1) is 9.13. The Bertz CT molecular complexity index is 650. The van der Waals surface area contributed by atoms with Crippen molar-refractivity contribution in [2.75, 3.05) is 12.8 Å². The summed E-state index contributed by atoms with van der Waals surface area (Å²) in [5.74, 6) is 0.157. The fraction of sp³-hybridized carbons (Fsp3) is 0.0714. The van der Waals surface area contributed by atoms with Crippen LogP contribution >= 0.6 is 0 Å². The summed E-state index contributed by atoms with van der Waals surface area (Å²) < 4.78 is 24.1. The highest BCUT2D eigenvalue weighted by Crippen LogP contribution is 2.33. The van der Waals surface area contributed by atoms with Crippen LogP contribution in [-0.2, 0) is 0 Å². The molecule has 0 saturated heterocycles. The van der Waals surface area contributed by atoms with Crippen LogP contribution in [0.15, 0.2) is 36.4 Å².